The second kappa shape index (κ2) is 7.46. The highest BCUT2D eigenvalue weighted by atomic mass is 32.2. The van der Waals surface area contributed by atoms with Gasteiger partial charge in [0, 0.05) is 12.6 Å². The number of hydrogen-bond acceptors (Lipinski definition) is 6. The number of amides is 2. The Balaban J connectivity index is 1.73. The van der Waals surface area contributed by atoms with Crippen molar-refractivity contribution in [3.05, 3.63) is 53.8 Å². The van der Waals surface area contributed by atoms with E-state index in [0.29, 0.717) is 16.3 Å². The van der Waals surface area contributed by atoms with E-state index >= 15 is 0 Å². The molecule has 0 bridgehead atoms. The Morgan fingerprint density at radius 3 is 2.81 bits per heavy atom. The number of carbonyl (C=O) groups excluding carboxylic acids is 2. The van der Waals surface area contributed by atoms with E-state index < -0.39 is 15.7 Å². The molecule has 0 spiro atoms. The molecule has 3 heterocycles. The third-order valence-electron chi connectivity index (χ3n) is 4.03. The number of nitrogens with zero attached hydrogens (tertiary/aromatic N) is 1. The summed E-state index contributed by atoms with van der Waals surface area (Å²) in [5.41, 5.74) is 0. The van der Waals surface area contributed by atoms with Crippen LogP contribution in [0.5, 0.6) is 0 Å². The van der Waals surface area contributed by atoms with E-state index in [9.17, 15) is 18.0 Å². The molecule has 0 aliphatic carbocycles. The average molecular weight is 394 g/mol. The van der Waals surface area contributed by atoms with E-state index in [0.717, 1.165) is 11.3 Å². The van der Waals surface area contributed by atoms with Gasteiger partial charge in [-0.25, -0.2) is 8.42 Å². The molecule has 0 radical (unpaired) electrons. The van der Waals surface area contributed by atoms with Crippen molar-refractivity contribution in [2.45, 2.75) is 12.5 Å². The smallest absolute Gasteiger partial charge is 0.291 e. The quantitative estimate of drug-likeness (QED) is 0.759. The molecule has 1 atom stereocenters. The minimum atomic E-state index is -3.10. The van der Waals surface area contributed by atoms with E-state index in [-0.39, 0.29) is 35.8 Å². The average Bonchev–Trinajstić information content (AvgIpc) is 3.32. The molecule has 2 aromatic heterocycles. The van der Waals surface area contributed by atoms with Gasteiger partial charge in [0.1, 0.15) is 0 Å². The lowest BCUT2D eigenvalue weighted by Crippen LogP contribution is -2.40. The molecular weight excluding hydrogens is 376 g/mol. The maximum atomic E-state index is 12.8. The first-order valence-corrected chi connectivity index (χ1v) is 10.6. The molecule has 1 fully saturated rings. The van der Waals surface area contributed by atoms with Crippen LogP contribution in [-0.4, -0.2) is 49.2 Å². The summed E-state index contributed by atoms with van der Waals surface area (Å²) >= 11 is 1.13. The van der Waals surface area contributed by atoms with Crippen molar-refractivity contribution < 1.29 is 22.4 Å². The van der Waals surface area contributed by atoms with E-state index in [4.69, 9.17) is 4.42 Å². The molecular formula is C17H18N2O5S2. The lowest BCUT2D eigenvalue weighted by Gasteiger charge is -2.26. The van der Waals surface area contributed by atoms with Crippen LogP contribution in [0.25, 0.3) is 0 Å². The van der Waals surface area contributed by atoms with Crippen LogP contribution < -0.4 is 5.32 Å². The highest BCUT2D eigenvalue weighted by Crippen LogP contribution is 2.26. The fourth-order valence-electron chi connectivity index (χ4n) is 2.80. The second-order valence-electron chi connectivity index (χ2n) is 5.90. The minimum Gasteiger partial charge on any atom is -0.459 e. The summed E-state index contributed by atoms with van der Waals surface area (Å²) < 4.78 is 28.5. The Bertz CT molecular complexity index is 915. The first-order valence-electron chi connectivity index (χ1n) is 7.96. The zero-order valence-corrected chi connectivity index (χ0v) is 15.5. The van der Waals surface area contributed by atoms with Crippen molar-refractivity contribution >= 4 is 38.0 Å². The van der Waals surface area contributed by atoms with Gasteiger partial charge < -0.3 is 14.6 Å². The fourth-order valence-corrected chi connectivity index (χ4v) is 5.39. The number of nitrogens with one attached hydrogen (secondary N) is 1. The van der Waals surface area contributed by atoms with Gasteiger partial charge in [-0.1, -0.05) is 6.08 Å². The van der Waals surface area contributed by atoms with Gasteiger partial charge in [-0.15, -0.1) is 17.9 Å². The Kier molecular flexibility index (Phi) is 5.28. The molecule has 7 nitrogen and oxygen atoms in total. The molecule has 2 amide bonds. The molecule has 138 valence electrons. The van der Waals surface area contributed by atoms with Crippen LogP contribution in [0.2, 0.25) is 0 Å². The predicted molar refractivity (Wildman–Crippen MR) is 99.3 cm³/mol. The van der Waals surface area contributed by atoms with E-state index in [1.54, 1.807) is 30.3 Å². The Morgan fingerprint density at radius 1 is 1.38 bits per heavy atom. The van der Waals surface area contributed by atoms with Crippen molar-refractivity contribution in [2.75, 3.05) is 23.4 Å². The zero-order valence-electron chi connectivity index (χ0n) is 13.9. The van der Waals surface area contributed by atoms with Crippen molar-refractivity contribution in [2.24, 2.45) is 0 Å². The van der Waals surface area contributed by atoms with Crippen molar-refractivity contribution in [3.8, 4) is 0 Å². The monoisotopic (exact) mass is 394 g/mol. The number of rotatable bonds is 6. The maximum Gasteiger partial charge on any atom is 0.291 e. The molecule has 1 N–H and O–H groups in total. The molecule has 1 aliphatic rings. The minimum absolute atomic E-state index is 0.0277. The van der Waals surface area contributed by atoms with Crippen LogP contribution >= 0.6 is 11.3 Å². The number of anilines is 1. The molecule has 1 aliphatic heterocycles. The van der Waals surface area contributed by atoms with Gasteiger partial charge in [-0.2, -0.15) is 0 Å². The SMILES string of the molecule is C=CCN(C(=O)c1ccc(NC(=O)c2ccco2)s1)C1CCS(=O)(=O)C1. The number of hydrogen-bond donors (Lipinski definition) is 1. The molecule has 1 saturated heterocycles. The summed E-state index contributed by atoms with van der Waals surface area (Å²) in [4.78, 5) is 26.8. The van der Waals surface area contributed by atoms with Crippen LogP contribution in [0.4, 0.5) is 5.00 Å². The van der Waals surface area contributed by atoms with Gasteiger partial charge >= 0.3 is 0 Å². The van der Waals surface area contributed by atoms with Crippen LogP contribution in [0.15, 0.2) is 47.6 Å². The lowest BCUT2D eigenvalue weighted by atomic mass is 10.2. The summed E-state index contributed by atoms with van der Waals surface area (Å²) in [6.45, 7) is 3.92. The Morgan fingerprint density at radius 2 is 2.19 bits per heavy atom. The molecule has 9 heteroatoms. The number of carbonyl (C=O) groups is 2. The Hall–Kier alpha value is -2.39. The summed E-state index contributed by atoms with van der Waals surface area (Å²) in [6.07, 6.45) is 3.41. The van der Waals surface area contributed by atoms with Crippen molar-refractivity contribution in [3.63, 3.8) is 0 Å². The third kappa shape index (κ3) is 4.05. The van der Waals surface area contributed by atoms with E-state index in [1.807, 2.05) is 0 Å². The van der Waals surface area contributed by atoms with E-state index in [1.165, 1.54) is 11.2 Å². The number of sulfone groups is 1. The Labute approximate surface area is 155 Å². The van der Waals surface area contributed by atoms with Gasteiger partial charge in [0.05, 0.1) is 27.6 Å². The number of thiophene rings is 1. The molecule has 26 heavy (non-hydrogen) atoms. The third-order valence-corrected chi connectivity index (χ3v) is 6.77. The van der Waals surface area contributed by atoms with Crippen LogP contribution in [-0.2, 0) is 9.84 Å². The molecule has 0 saturated carbocycles. The van der Waals surface area contributed by atoms with Gasteiger partial charge in [-0.05, 0) is 30.7 Å². The highest BCUT2D eigenvalue weighted by molar-refractivity contribution is 7.91. The first kappa shape index (κ1) is 18.4. The first-order chi connectivity index (χ1) is 12.4. The summed E-state index contributed by atoms with van der Waals surface area (Å²) in [7, 11) is -3.10. The van der Waals surface area contributed by atoms with Gasteiger partial charge in [0.25, 0.3) is 11.8 Å². The summed E-state index contributed by atoms with van der Waals surface area (Å²) in [5.74, 6) is -0.431. The summed E-state index contributed by atoms with van der Waals surface area (Å²) in [6, 6.07) is 6.05. The van der Waals surface area contributed by atoms with Gasteiger partial charge in [0.15, 0.2) is 15.6 Å². The van der Waals surface area contributed by atoms with Gasteiger partial charge in [-0.3, -0.25) is 9.59 Å². The van der Waals surface area contributed by atoms with Crippen molar-refractivity contribution in [1.82, 2.24) is 4.90 Å². The molecule has 0 aromatic carbocycles. The zero-order chi connectivity index (χ0) is 18.7. The predicted octanol–water partition coefficient (Wildman–Crippen LogP) is 2.41. The normalized spacial score (nSPS) is 18.4. The maximum absolute atomic E-state index is 12.8. The molecule has 1 unspecified atom stereocenters. The standard InChI is InChI=1S/C17H18N2O5S2/c1-2-8-19(12-7-10-26(22,23)11-12)17(21)14-5-6-15(25-14)18-16(20)13-4-3-9-24-13/h2-6,9,12H,1,7-8,10-11H2,(H,18,20). The lowest BCUT2D eigenvalue weighted by molar-refractivity contribution is 0.0725. The molecule has 2 aromatic rings. The largest absolute Gasteiger partial charge is 0.459 e. The van der Waals surface area contributed by atoms with Crippen LogP contribution in [0.1, 0.15) is 26.6 Å². The van der Waals surface area contributed by atoms with Crippen molar-refractivity contribution in [1.29, 1.82) is 0 Å². The van der Waals surface area contributed by atoms with Gasteiger partial charge in [0.2, 0.25) is 0 Å². The summed E-state index contributed by atoms with van der Waals surface area (Å²) in [5, 5.41) is 3.18. The fraction of sp³-hybridized carbons (Fsp3) is 0.294. The topological polar surface area (TPSA) is 96.7 Å². The van der Waals surface area contributed by atoms with E-state index in [2.05, 4.69) is 11.9 Å². The second-order valence-corrected chi connectivity index (χ2v) is 9.21. The van der Waals surface area contributed by atoms with Crippen LogP contribution in [0.3, 0.4) is 0 Å². The molecule has 3 rings (SSSR count). The highest BCUT2D eigenvalue weighted by Gasteiger charge is 2.34. The number of furan rings is 1. The van der Waals surface area contributed by atoms with Crippen LogP contribution in [0, 0.1) is 0 Å².